The first-order valence-corrected chi connectivity index (χ1v) is 5.71. The molecule has 0 amide bonds. The van der Waals surface area contributed by atoms with Crippen LogP contribution in [0.25, 0.3) is 0 Å². The van der Waals surface area contributed by atoms with Crippen molar-refractivity contribution in [1.82, 2.24) is 0 Å². The van der Waals surface area contributed by atoms with Crippen LogP contribution in [0.15, 0.2) is 46.9 Å². The first-order chi connectivity index (χ1) is 7.65. The van der Waals surface area contributed by atoms with E-state index in [1.165, 1.54) is 12.1 Å². The van der Waals surface area contributed by atoms with Crippen molar-refractivity contribution in [2.75, 3.05) is 0 Å². The Hall–Kier alpha value is -1.06. The Bertz CT molecular complexity index is 516. The van der Waals surface area contributed by atoms with E-state index in [0.717, 1.165) is 4.47 Å². The van der Waals surface area contributed by atoms with Crippen molar-refractivity contribution in [1.29, 1.82) is 0 Å². The Morgan fingerprint density at radius 1 is 1.12 bits per heavy atom. The summed E-state index contributed by atoms with van der Waals surface area (Å²) in [5.74, 6) is 0.709. The monoisotopic (exact) mass is 300 g/mol. The van der Waals surface area contributed by atoms with E-state index in [9.17, 15) is 4.39 Å². The minimum absolute atomic E-state index is 0.331. The van der Waals surface area contributed by atoms with Crippen LogP contribution >= 0.6 is 27.5 Å². The van der Waals surface area contributed by atoms with E-state index in [1.54, 1.807) is 30.3 Å². The molecule has 2 aromatic rings. The molecule has 1 nitrogen and oxygen atoms in total. The molecule has 0 saturated carbocycles. The summed E-state index contributed by atoms with van der Waals surface area (Å²) in [5.41, 5.74) is 0. The molecular formula is C12H7BrClFO. The van der Waals surface area contributed by atoms with E-state index in [4.69, 9.17) is 16.3 Å². The van der Waals surface area contributed by atoms with Crippen molar-refractivity contribution in [2.24, 2.45) is 0 Å². The highest BCUT2D eigenvalue weighted by atomic mass is 79.9. The fourth-order valence-electron chi connectivity index (χ4n) is 1.22. The maximum Gasteiger partial charge on any atom is 0.141 e. The maximum absolute atomic E-state index is 12.9. The lowest BCUT2D eigenvalue weighted by atomic mass is 10.3. The summed E-state index contributed by atoms with van der Waals surface area (Å²) >= 11 is 9.12. The normalized spacial score (nSPS) is 10.2. The number of ether oxygens (including phenoxy) is 1. The highest BCUT2D eigenvalue weighted by molar-refractivity contribution is 9.10. The molecule has 2 aromatic carbocycles. The molecule has 4 heteroatoms. The van der Waals surface area contributed by atoms with Gasteiger partial charge in [-0.3, -0.25) is 0 Å². The van der Waals surface area contributed by atoms with Crippen molar-refractivity contribution in [3.05, 3.63) is 57.8 Å². The highest BCUT2D eigenvalue weighted by Crippen LogP contribution is 2.31. The third-order valence-electron chi connectivity index (χ3n) is 1.92. The van der Waals surface area contributed by atoms with Crippen molar-refractivity contribution in [3.63, 3.8) is 0 Å². The first kappa shape index (κ1) is 11.4. The maximum atomic E-state index is 12.9. The van der Waals surface area contributed by atoms with Crippen LogP contribution in [-0.2, 0) is 0 Å². The lowest BCUT2D eigenvalue weighted by Crippen LogP contribution is -1.86. The quantitative estimate of drug-likeness (QED) is 0.755. The smallest absolute Gasteiger partial charge is 0.141 e. The number of hydrogen-bond donors (Lipinski definition) is 0. The molecule has 0 atom stereocenters. The third kappa shape index (κ3) is 2.74. The van der Waals surface area contributed by atoms with Gasteiger partial charge in [0.1, 0.15) is 17.3 Å². The van der Waals surface area contributed by atoms with Gasteiger partial charge in [0.2, 0.25) is 0 Å². The fourth-order valence-corrected chi connectivity index (χ4v) is 1.98. The SMILES string of the molecule is Fc1cccc(Oc2ccc(Cl)cc2Br)c1. The second-order valence-electron chi connectivity index (χ2n) is 3.13. The van der Waals surface area contributed by atoms with Crippen LogP contribution in [0.2, 0.25) is 5.02 Å². The molecule has 82 valence electrons. The molecule has 0 N–H and O–H groups in total. The Labute approximate surface area is 106 Å². The first-order valence-electron chi connectivity index (χ1n) is 4.53. The van der Waals surface area contributed by atoms with E-state index in [1.807, 2.05) is 0 Å². The largest absolute Gasteiger partial charge is 0.456 e. The summed E-state index contributed by atoms with van der Waals surface area (Å²) in [4.78, 5) is 0. The Morgan fingerprint density at radius 3 is 2.62 bits per heavy atom. The molecule has 2 rings (SSSR count). The van der Waals surface area contributed by atoms with Crippen LogP contribution in [0.1, 0.15) is 0 Å². The van der Waals surface area contributed by atoms with Gasteiger partial charge in [-0.05, 0) is 46.3 Å². The zero-order valence-electron chi connectivity index (χ0n) is 8.08. The zero-order chi connectivity index (χ0) is 11.5. The van der Waals surface area contributed by atoms with Crippen LogP contribution < -0.4 is 4.74 Å². The van der Waals surface area contributed by atoms with Crippen LogP contribution in [0.5, 0.6) is 11.5 Å². The Balaban J connectivity index is 2.27. The van der Waals surface area contributed by atoms with Gasteiger partial charge in [-0.2, -0.15) is 0 Å². The summed E-state index contributed by atoms with van der Waals surface area (Å²) in [6.45, 7) is 0. The van der Waals surface area contributed by atoms with E-state index >= 15 is 0 Å². The van der Waals surface area contributed by atoms with Gasteiger partial charge in [0.15, 0.2) is 0 Å². The Morgan fingerprint density at radius 2 is 1.94 bits per heavy atom. The van der Waals surface area contributed by atoms with E-state index in [0.29, 0.717) is 16.5 Å². The zero-order valence-corrected chi connectivity index (χ0v) is 10.4. The fraction of sp³-hybridized carbons (Fsp3) is 0. The van der Waals surface area contributed by atoms with Crippen LogP contribution in [0, 0.1) is 5.82 Å². The topological polar surface area (TPSA) is 9.23 Å². The molecule has 0 aliphatic carbocycles. The third-order valence-corrected chi connectivity index (χ3v) is 2.77. The van der Waals surface area contributed by atoms with Gasteiger partial charge in [-0.1, -0.05) is 17.7 Å². The van der Waals surface area contributed by atoms with Crippen LogP contribution in [0.3, 0.4) is 0 Å². The molecule has 0 fully saturated rings. The van der Waals surface area contributed by atoms with Crippen molar-refractivity contribution in [3.8, 4) is 11.5 Å². The second-order valence-corrected chi connectivity index (χ2v) is 4.42. The van der Waals surface area contributed by atoms with Gasteiger partial charge in [0.25, 0.3) is 0 Å². The van der Waals surface area contributed by atoms with Crippen LogP contribution in [0.4, 0.5) is 4.39 Å². The van der Waals surface area contributed by atoms with Gasteiger partial charge >= 0.3 is 0 Å². The van der Waals surface area contributed by atoms with Crippen molar-refractivity contribution >= 4 is 27.5 Å². The molecule has 16 heavy (non-hydrogen) atoms. The summed E-state index contributed by atoms with van der Waals surface area (Å²) in [6, 6.07) is 11.1. The van der Waals surface area contributed by atoms with Crippen molar-refractivity contribution < 1.29 is 9.13 Å². The molecule has 0 unspecified atom stereocenters. The summed E-state index contributed by atoms with van der Waals surface area (Å²) < 4.78 is 19.1. The van der Waals surface area contributed by atoms with Gasteiger partial charge in [-0.15, -0.1) is 0 Å². The number of rotatable bonds is 2. The van der Waals surface area contributed by atoms with E-state index in [-0.39, 0.29) is 5.82 Å². The van der Waals surface area contributed by atoms with Gasteiger partial charge < -0.3 is 4.74 Å². The van der Waals surface area contributed by atoms with E-state index in [2.05, 4.69) is 15.9 Å². The average molecular weight is 302 g/mol. The molecule has 0 radical (unpaired) electrons. The van der Waals surface area contributed by atoms with Gasteiger partial charge in [0.05, 0.1) is 4.47 Å². The number of benzene rings is 2. The molecule has 0 aromatic heterocycles. The molecule has 0 saturated heterocycles. The lowest BCUT2D eigenvalue weighted by Gasteiger charge is -2.07. The molecule has 0 heterocycles. The highest BCUT2D eigenvalue weighted by Gasteiger charge is 2.03. The molecule has 0 bridgehead atoms. The van der Waals surface area contributed by atoms with Gasteiger partial charge in [0, 0.05) is 11.1 Å². The minimum Gasteiger partial charge on any atom is -0.456 e. The molecule has 0 aliphatic heterocycles. The second kappa shape index (κ2) is 4.85. The average Bonchev–Trinajstić information content (AvgIpc) is 2.22. The minimum atomic E-state index is -0.331. The predicted molar refractivity (Wildman–Crippen MR) is 65.6 cm³/mol. The molecular weight excluding hydrogens is 294 g/mol. The molecule has 0 spiro atoms. The van der Waals surface area contributed by atoms with E-state index < -0.39 is 0 Å². The summed E-state index contributed by atoms with van der Waals surface area (Å²) in [5, 5.41) is 0.610. The number of hydrogen-bond acceptors (Lipinski definition) is 1. The Kier molecular flexibility index (Phi) is 3.46. The van der Waals surface area contributed by atoms with Crippen molar-refractivity contribution in [2.45, 2.75) is 0 Å². The van der Waals surface area contributed by atoms with Gasteiger partial charge in [-0.25, -0.2) is 4.39 Å². The number of halogens is 3. The molecule has 0 aliphatic rings. The predicted octanol–water partition coefficient (Wildman–Crippen LogP) is 5.03. The lowest BCUT2D eigenvalue weighted by molar-refractivity contribution is 0.474. The summed E-state index contributed by atoms with van der Waals surface area (Å²) in [7, 11) is 0. The summed E-state index contributed by atoms with van der Waals surface area (Å²) in [6.07, 6.45) is 0. The standard InChI is InChI=1S/C12H7BrClFO/c13-11-6-8(14)4-5-12(11)16-10-3-1-2-9(15)7-10/h1-7H. The van der Waals surface area contributed by atoms with Crippen LogP contribution in [-0.4, -0.2) is 0 Å².